The van der Waals surface area contributed by atoms with Crippen LogP contribution in [0.3, 0.4) is 0 Å². The minimum atomic E-state index is 0.710. The van der Waals surface area contributed by atoms with Gasteiger partial charge >= 0.3 is 0 Å². The van der Waals surface area contributed by atoms with Crippen LogP contribution >= 0.6 is 38.5 Å². The molecule has 0 amide bonds. The molecule has 0 fully saturated rings. The van der Waals surface area contributed by atoms with Gasteiger partial charge < -0.3 is 5.73 Å². The van der Waals surface area contributed by atoms with Crippen LogP contribution in [-0.2, 0) is 6.54 Å². The normalized spacial score (nSPS) is 10.5. The summed E-state index contributed by atoms with van der Waals surface area (Å²) >= 11 is 5.58. The predicted octanol–water partition coefficient (Wildman–Crippen LogP) is 2.88. The summed E-state index contributed by atoms with van der Waals surface area (Å²) in [6.07, 6.45) is 1.77. The average molecular weight is 378 g/mol. The summed E-state index contributed by atoms with van der Waals surface area (Å²) in [6, 6.07) is 8.14. The molecule has 0 aliphatic heterocycles. The Morgan fingerprint density at radius 3 is 2.53 bits per heavy atom. The smallest absolute Gasteiger partial charge is 0.135 e. The predicted molar refractivity (Wildman–Crippen MR) is 72.6 cm³/mol. The molecule has 0 spiro atoms. The van der Waals surface area contributed by atoms with Crippen molar-refractivity contribution in [2.24, 2.45) is 0 Å². The van der Waals surface area contributed by atoms with E-state index in [-0.39, 0.29) is 0 Å². The molecule has 1 aromatic carbocycles. The van der Waals surface area contributed by atoms with Gasteiger partial charge in [0.1, 0.15) is 5.82 Å². The third-order valence-corrected chi connectivity index (χ3v) is 3.44. The van der Waals surface area contributed by atoms with E-state index in [0.717, 1.165) is 13.9 Å². The monoisotopic (exact) mass is 377 g/mol. The molecule has 2 aromatic rings. The topological polar surface area (TPSA) is 43.8 Å². The van der Waals surface area contributed by atoms with Crippen molar-refractivity contribution >= 4 is 44.3 Å². The Bertz CT molecular complexity index is 464. The second kappa shape index (κ2) is 4.52. The summed E-state index contributed by atoms with van der Waals surface area (Å²) in [5.41, 5.74) is 7.05. The average Bonchev–Trinajstić information content (AvgIpc) is 2.53. The number of benzene rings is 1. The van der Waals surface area contributed by atoms with Crippen LogP contribution in [0.25, 0.3) is 0 Å². The zero-order valence-electron chi connectivity index (χ0n) is 7.82. The molecule has 0 radical (unpaired) electrons. The van der Waals surface area contributed by atoms with Gasteiger partial charge in [-0.3, -0.25) is 0 Å². The van der Waals surface area contributed by atoms with Gasteiger partial charge in [0.25, 0.3) is 0 Å². The van der Waals surface area contributed by atoms with Gasteiger partial charge in [-0.1, -0.05) is 28.1 Å². The van der Waals surface area contributed by atoms with E-state index in [9.17, 15) is 0 Å². The largest absolute Gasteiger partial charge is 0.383 e. The Labute approximate surface area is 110 Å². The van der Waals surface area contributed by atoms with E-state index in [0.29, 0.717) is 6.54 Å². The molecule has 2 rings (SSSR count). The summed E-state index contributed by atoms with van der Waals surface area (Å²) in [4.78, 5) is 0. The van der Waals surface area contributed by atoms with Crippen molar-refractivity contribution in [1.29, 1.82) is 0 Å². The lowest BCUT2D eigenvalue weighted by molar-refractivity contribution is 0.697. The molecule has 78 valence electrons. The van der Waals surface area contributed by atoms with Gasteiger partial charge in [-0.25, -0.2) is 4.68 Å². The van der Waals surface area contributed by atoms with Crippen LogP contribution in [-0.4, -0.2) is 9.78 Å². The molecule has 1 heterocycles. The Kier molecular flexibility index (Phi) is 3.30. The van der Waals surface area contributed by atoms with Crippen LogP contribution in [0.1, 0.15) is 5.56 Å². The first-order chi connectivity index (χ1) is 7.16. The van der Waals surface area contributed by atoms with Gasteiger partial charge in [0.15, 0.2) is 0 Å². The summed E-state index contributed by atoms with van der Waals surface area (Å²) in [6.45, 7) is 0.710. The maximum absolute atomic E-state index is 5.86. The molecule has 0 aliphatic rings. The van der Waals surface area contributed by atoms with E-state index in [2.05, 4.69) is 55.8 Å². The number of halogens is 2. The van der Waals surface area contributed by atoms with Gasteiger partial charge in [0.2, 0.25) is 0 Å². The third-order valence-electron chi connectivity index (χ3n) is 2.08. The summed E-state index contributed by atoms with van der Waals surface area (Å²) in [5, 5.41) is 4.21. The van der Waals surface area contributed by atoms with E-state index in [1.165, 1.54) is 5.56 Å². The Hall–Kier alpha value is -0.560. The number of anilines is 1. The maximum atomic E-state index is 5.86. The van der Waals surface area contributed by atoms with E-state index < -0.39 is 0 Å². The van der Waals surface area contributed by atoms with Crippen molar-refractivity contribution in [3.8, 4) is 0 Å². The molecule has 0 atom stereocenters. The van der Waals surface area contributed by atoms with Gasteiger partial charge in [-0.15, -0.1) is 0 Å². The highest BCUT2D eigenvalue weighted by molar-refractivity contribution is 14.1. The summed E-state index contributed by atoms with van der Waals surface area (Å²) in [7, 11) is 0. The molecule has 0 aliphatic carbocycles. The van der Waals surface area contributed by atoms with Crippen LogP contribution in [0, 0.1) is 3.57 Å². The molecule has 5 heteroatoms. The lowest BCUT2D eigenvalue weighted by Crippen LogP contribution is -2.06. The highest BCUT2D eigenvalue weighted by atomic mass is 127. The Balaban J connectivity index is 2.22. The molecule has 3 nitrogen and oxygen atoms in total. The molecule has 2 N–H and O–H groups in total. The van der Waals surface area contributed by atoms with Gasteiger partial charge in [-0.05, 0) is 40.3 Å². The Morgan fingerprint density at radius 1 is 1.33 bits per heavy atom. The lowest BCUT2D eigenvalue weighted by Gasteiger charge is -2.04. The van der Waals surface area contributed by atoms with Crippen molar-refractivity contribution in [3.05, 3.63) is 44.1 Å². The third kappa shape index (κ3) is 2.52. The molecule has 1 aromatic heterocycles. The number of hydrogen-bond donors (Lipinski definition) is 1. The fourth-order valence-electron chi connectivity index (χ4n) is 1.26. The summed E-state index contributed by atoms with van der Waals surface area (Å²) in [5.74, 6) is 0.721. The molecular weight excluding hydrogens is 369 g/mol. The second-order valence-electron chi connectivity index (χ2n) is 3.16. The zero-order valence-corrected chi connectivity index (χ0v) is 11.6. The second-order valence-corrected chi connectivity index (χ2v) is 5.24. The van der Waals surface area contributed by atoms with Crippen molar-refractivity contribution in [2.45, 2.75) is 6.54 Å². The highest BCUT2D eigenvalue weighted by Gasteiger charge is 2.04. The standard InChI is InChI=1S/C10H9BrIN3/c11-8-3-1-7(2-4-8)6-15-10(13)9(12)5-14-15/h1-5H,6,13H2. The number of rotatable bonds is 2. The van der Waals surface area contributed by atoms with Crippen LogP contribution < -0.4 is 5.73 Å². The van der Waals surface area contributed by atoms with Crippen molar-refractivity contribution in [3.63, 3.8) is 0 Å². The van der Waals surface area contributed by atoms with Crippen molar-refractivity contribution in [2.75, 3.05) is 5.73 Å². The first kappa shape index (κ1) is 10.9. The molecule has 0 saturated heterocycles. The van der Waals surface area contributed by atoms with Crippen LogP contribution in [0.15, 0.2) is 34.9 Å². The van der Waals surface area contributed by atoms with Crippen molar-refractivity contribution in [1.82, 2.24) is 9.78 Å². The van der Waals surface area contributed by atoms with Gasteiger partial charge in [0.05, 0.1) is 16.3 Å². The van der Waals surface area contributed by atoms with Gasteiger partial charge in [0, 0.05) is 4.47 Å². The number of nitrogen functional groups attached to an aromatic ring is 1. The number of hydrogen-bond acceptors (Lipinski definition) is 2. The first-order valence-electron chi connectivity index (χ1n) is 4.38. The fourth-order valence-corrected chi connectivity index (χ4v) is 1.93. The minimum absolute atomic E-state index is 0.710. The number of nitrogens with two attached hydrogens (primary N) is 1. The minimum Gasteiger partial charge on any atom is -0.383 e. The quantitative estimate of drug-likeness (QED) is 0.818. The SMILES string of the molecule is Nc1c(I)cnn1Cc1ccc(Br)cc1. The van der Waals surface area contributed by atoms with E-state index in [1.54, 1.807) is 10.9 Å². The molecule has 15 heavy (non-hydrogen) atoms. The van der Waals surface area contributed by atoms with Gasteiger partial charge in [-0.2, -0.15) is 5.10 Å². The maximum Gasteiger partial charge on any atom is 0.135 e. The highest BCUT2D eigenvalue weighted by Crippen LogP contribution is 2.16. The van der Waals surface area contributed by atoms with E-state index in [4.69, 9.17) is 5.73 Å². The van der Waals surface area contributed by atoms with Crippen LogP contribution in [0.2, 0.25) is 0 Å². The van der Waals surface area contributed by atoms with Crippen LogP contribution in [0.5, 0.6) is 0 Å². The fraction of sp³-hybridized carbons (Fsp3) is 0.100. The molecule has 0 bridgehead atoms. The molecular formula is C10H9BrIN3. The van der Waals surface area contributed by atoms with E-state index in [1.807, 2.05) is 12.1 Å². The lowest BCUT2D eigenvalue weighted by atomic mass is 10.2. The molecule has 0 saturated carbocycles. The number of aromatic nitrogens is 2. The first-order valence-corrected chi connectivity index (χ1v) is 6.25. The Morgan fingerprint density at radius 2 is 2.00 bits per heavy atom. The molecule has 0 unspecified atom stereocenters. The zero-order chi connectivity index (χ0) is 10.8. The summed E-state index contributed by atoms with van der Waals surface area (Å²) < 4.78 is 3.87. The van der Waals surface area contributed by atoms with Crippen LogP contribution in [0.4, 0.5) is 5.82 Å². The number of nitrogens with zero attached hydrogens (tertiary/aromatic N) is 2. The van der Waals surface area contributed by atoms with Crippen molar-refractivity contribution < 1.29 is 0 Å². The van der Waals surface area contributed by atoms with E-state index >= 15 is 0 Å².